The molecule has 2 heterocycles. The lowest BCUT2D eigenvalue weighted by Crippen LogP contribution is -2.44. The molecule has 1 saturated heterocycles. The van der Waals surface area contributed by atoms with Gasteiger partial charge in [0, 0.05) is 45.0 Å². The van der Waals surface area contributed by atoms with Crippen LogP contribution >= 0.6 is 24.0 Å². The van der Waals surface area contributed by atoms with Crippen LogP contribution in [0.25, 0.3) is 0 Å². The Hall–Kier alpha value is -1.32. The summed E-state index contributed by atoms with van der Waals surface area (Å²) in [5, 5.41) is 6.74. The summed E-state index contributed by atoms with van der Waals surface area (Å²) in [5.74, 6) is 0.789. The van der Waals surface area contributed by atoms with Gasteiger partial charge in [-0.15, -0.1) is 24.0 Å². The number of anilines is 1. The summed E-state index contributed by atoms with van der Waals surface area (Å²) in [6, 6.07) is 8.88. The molecule has 0 aliphatic carbocycles. The minimum atomic E-state index is 0. The van der Waals surface area contributed by atoms with Crippen LogP contribution in [0.15, 0.2) is 41.4 Å². The molecule has 1 aromatic rings. The number of rotatable bonds is 7. The third-order valence-electron chi connectivity index (χ3n) is 4.66. The van der Waals surface area contributed by atoms with Crippen molar-refractivity contribution in [3.05, 3.63) is 42.0 Å². The Morgan fingerprint density at radius 2 is 2.04 bits per heavy atom. The Kier molecular flexibility index (Phi) is 9.36. The summed E-state index contributed by atoms with van der Waals surface area (Å²) < 4.78 is 11.2. The summed E-state index contributed by atoms with van der Waals surface area (Å²) in [6.07, 6.45) is 5.63. The topological polar surface area (TPSA) is 58.1 Å². The quantitative estimate of drug-likeness (QED) is 0.269. The predicted octanol–water partition coefficient (Wildman–Crippen LogP) is 2.54. The lowest BCUT2D eigenvalue weighted by atomic mass is 10.2. The van der Waals surface area contributed by atoms with Gasteiger partial charge in [0.05, 0.1) is 19.3 Å². The van der Waals surface area contributed by atoms with E-state index in [2.05, 4.69) is 63.9 Å². The van der Waals surface area contributed by atoms with Crippen LogP contribution in [0, 0.1) is 0 Å². The van der Waals surface area contributed by atoms with E-state index in [1.807, 2.05) is 0 Å². The molecule has 150 valence electrons. The van der Waals surface area contributed by atoms with Crippen LogP contribution < -0.4 is 15.5 Å². The lowest BCUT2D eigenvalue weighted by molar-refractivity contribution is 0.0347. The van der Waals surface area contributed by atoms with Gasteiger partial charge < -0.3 is 25.0 Å². The zero-order valence-electron chi connectivity index (χ0n) is 16.2. The first-order chi connectivity index (χ1) is 12.7. The Bertz CT molecular complexity index is 607. The highest BCUT2D eigenvalue weighted by atomic mass is 127. The maximum absolute atomic E-state index is 5.85. The van der Waals surface area contributed by atoms with Crippen molar-refractivity contribution in [3.63, 3.8) is 0 Å². The maximum Gasteiger partial charge on any atom is 0.191 e. The molecule has 0 spiro atoms. The van der Waals surface area contributed by atoms with E-state index in [9.17, 15) is 0 Å². The Morgan fingerprint density at radius 1 is 1.30 bits per heavy atom. The molecule has 2 atom stereocenters. The molecule has 3 rings (SSSR count). The number of hydrogen-bond donors (Lipinski definition) is 2. The smallest absolute Gasteiger partial charge is 0.191 e. The molecule has 0 amide bonds. The molecule has 0 radical (unpaired) electrons. The average molecular weight is 486 g/mol. The molecule has 2 N–H and O–H groups in total. The van der Waals surface area contributed by atoms with Crippen molar-refractivity contribution in [2.75, 3.05) is 44.9 Å². The van der Waals surface area contributed by atoms with Crippen LogP contribution in [0.3, 0.4) is 0 Å². The normalized spacial score (nSPS) is 20.4. The number of guanidine groups is 1. The lowest BCUT2D eigenvalue weighted by Gasteiger charge is -2.20. The van der Waals surface area contributed by atoms with Gasteiger partial charge in [0.2, 0.25) is 0 Å². The molecular formula is C20H31IN4O2. The van der Waals surface area contributed by atoms with Crippen LogP contribution in [-0.4, -0.2) is 58.1 Å². The van der Waals surface area contributed by atoms with E-state index < -0.39 is 0 Å². The summed E-state index contributed by atoms with van der Waals surface area (Å²) in [4.78, 5) is 6.64. The second-order valence-electron chi connectivity index (χ2n) is 6.83. The van der Waals surface area contributed by atoms with E-state index in [0.717, 1.165) is 38.6 Å². The molecule has 0 aromatic heterocycles. The van der Waals surface area contributed by atoms with Crippen molar-refractivity contribution in [1.29, 1.82) is 0 Å². The van der Waals surface area contributed by atoms with Gasteiger partial charge in [0.1, 0.15) is 0 Å². The maximum atomic E-state index is 5.85. The summed E-state index contributed by atoms with van der Waals surface area (Å²) in [7, 11) is 1.79. The molecule has 2 aliphatic heterocycles. The molecule has 1 fully saturated rings. The molecule has 2 unspecified atom stereocenters. The third kappa shape index (κ3) is 6.97. The van der Waals surface area contributed by atoms with Gasteiger partial charge in [-0.3, -0.25) is 4.99 Å². The summed E-state index contributed by atoms with van der Waals surface area (Å²) in [6.45, 7) is 7.01. The van der Waals surface area contributed by atoms with Gasteiger partial charge in [0.25, 0.3) is 0 Å². The Balaban J connectivity index is 0.00000261. The van der Waals surface area contributed by atoms with E-state index in [-0.39, 0.29) is 36.1 Å². The van der Waals surface area contributed by atoms with Crippen molar-refractivity contribution in [3.8, 4) is 0 Å². The number of hydrogen-bond acceptors (Lipinski definition) is 4. The van der Waals surface area contributed by atoms with Crippen LogP contribution in [-0.2, 0) is 16.0 Å². The first-order valence-electron chi connectivity index (χ1n) is 9.40. The SMILES string of the molecule is CN=C(NCc1ccc(N2CC=CC2)cc1)NC(C)COC1CCOC1.I. The third-order valence-corrected chi connectivity index (χ3v) is 4.66. The zero-order valence-corrected chi connectivity index (χ0v) is 18.5. The minimum Gasteiger partial charge on any atom is -0.379 e. The van der Waals surface area contributed by atoms with Gasteiger partial charge in [-0.1, -0.05) is 24.3 Å². The number of benzene rings is 1. The fourth-order valence-electron chi connectivity index (χ4n) is 3.09. The number of halogens is 1. The molecule has 0 saturated carbocycles. The Labute approximate surface area is 179 Å². The van der Waals surface area contributed by atoms with E-state index >= 15 is 0 Å². The van der Waals surface area contributed by atoms with E-state index in [1.54, 1.807) is 7.05 Å². The zero-order chi connectivity index (χ0) is 18.2. The van der Waals surface area contributed by atoms with Crippen molar-refractivity contribution < 1.29 is 9.47 Å². The van der Waals surface area contributed by atoms with Crippen LogP contribution in [0.5, 0.6) is 0 Å². The largest absolute Gasteiger partial charge is 0.379 e. The molecule has 27 heavy (non-hydrogen) atoms. The van der Waals surface area contributed by atoms with Crippen molar-refractivity contribution in [2.24, 2.45) is 4.99 Å². The van der Waals surface area contributed by atoms with Crippen molar-refractivity contribution >= 4 is 35.6 Å². The Morgan fingerprint density at radius 3 is 2.67 bits per heavy atom. The highest BCUT2D eigenvalue weighted by molar-refractivity contribution is 14.0. The van der Waals surface area contributed by atoms with Gasteiger partial charge in [-0.2, -0.15) is 0 Å². The van der Waals surface area contributed by atoms with Crippen molar-refractivity contribution in [2.45, 2.75) is 32.0 Å². The van der Waals surface area contributed by atoms with E-state index in [0.29, 0.717) is 13.2 Å². The fourth-order valence-corrected chi connectivity index (χ4v) is 3.09. The molecule has 0 bridgehead atoms. The van der Waals surface area contributed by atoms with Crippen LogP contribution in [0.4, 0.5) is 5.69 Å². The fraction of sp³-hybridized carbons (Fsp3) is 0.550. The van der Waals surface area contributed by atoms with Gasteiger partial charge in [-0.05, 0) is 31.0 Å². The van der Waals surface area contributed by atoms with E-state index in [4.69, 9.17) is 9.47 Å². The molecule has 6 nitrogen and oxygen atoms in total. The highest BCUT2D eigenvalue weighted by Gasteiger charge is 2.17. The molecular weight excluding hydrogens is 455 g/mol. The second-order valence-corrected chi connectivity index (χ2v) is 6.83. The molecule has 2 aliphatic rings. The number of ether oxygens (including phenoxy) is 2. The van der Waals surface area contributed by atoms with E-state index in [1.165, 1.54) is 11.3 Å². The van der Waals surface area contributed by atoms with Gasteiger partial charge >= 0.3 is 0 Å². The average Bonchev–Trinajstić information content (AvgIpc) is 3.38. The standard InChI is InChI=1S/C20H30N4O2.HI/c1-16(14-26-19-9-12-25-15-19)23-20(21-2)22-13-17-5-7-18(8-6-17)24-10-3-4-11-24;/h3-8,16,19H,9-15H2,1-2H3,(H2,21,22,23);1H. The number of aliphatic imine (C=N–C) groups is 1. The first kappa shape index (κ1) is 22.0. The minimum absolute atomic E-state index is 0. The summed E-state index contributed by atoms with van der Waals surface area (Å²) >= 11 is 0. The molecule has 7 heteroatoms. The highest BCUT2D eigenvalue weighted by Crippen LogP contribution is 2.17. The van der Waals surface area contributed by atoms with Crippen molar-refractivity contribution in [1.82, 2.24) is 10.6 Å². The van der Waals surface area contributed by atoms with Gasteiger partial charge in [-0.25, -0.2) is 0 Å². The number of nitrogens with zero attached hydrogens (tertiary/aromatic N) is 2. The first-order valence-corrected chi connectivity index (χ1v) is 9.40. The summed E-state index contributed by atoms with van der Waals surface area (Å²) in [5.41, 5.74) is 2.50. The van der Waals surface area contributed by atoms with Crippen LogP contribution in [0.1, 0.15) is 18.9 Å². The number of nitrogens with one attached hydrogen (secondary N) is 2. The monoisotopic (exact) mass is 486 g/mol. The second kappa shape index (κ2) is 11.5. The van der Waals surface area contributed by atoms with Crippen LogP contribution in [0.2, 0.25) is 0 Å². The molecule has 1 aromatic carbocycles. The predicted molar refractivity (Wildman–Crippen MR) is 121 cm³/mol. The van der Waals surface area contributed by atoms with Gasteiger partial charge in [0.15, 0.2) is 5.96 Å².